The number of hydrogen-bond donors (Lipinski definition) is 1. The number of amides is 1. The number of carbonyl (C=O) groups is 2. The van der Waals surface area contributed by atoms with E-state index < -0.39 is 0 Å². The van der Waals surface area contributed by atoms with Crippen LogP contribution in [0, 0.1) is 11.7 Å². The summed E-state index contributed by atoms with van der Waals surface area (Å²) >= 11 is 0. The molecule has 0 atom stereocenters. The largest absolute Gasteiger partial charge is 0.326 e. The van der Waals surface area contributed by atoms with Gasteiger partial charge >= 0.3 is 0 Å². The Morgan fingerprint density at radius 2 is 1.77 bits per heavy atom. The van der Waals surface area contributed by atoms with Crippen LogP contribution in [-0.4, -0.2) is 36.2 Å². The Hall–Kier alpha value is -2.53. The minimum Gasteiger partial charge on any atom is -0.326 e. The van der Waals surface area contributed by atoms with Crippen molar-refractivity contribution in [2.75, 3.05) is 25.0 Å². The Balaban J connectivity index is 1.41. The van der Waals surface area contributed by atoms with Gasteiger partial charge < -0.3 is 10.2 Å². The Bertz CT molecular complexity index is 756. The second kappa shape index (κ2) is 8.72. The summed E-state index contributed by atoms with van der Waals surface area (Å²) in [6.07, 6.45) is 1.99. The highest BCUT2D eigenvalue weighted by Crippen LogP contribution is 2.22. The van der Waals surface area contributed by atoms with Crippen LogP contribution in [-0.2, 0) is 4.79 Å². The SMILES string of the molecule is O=C(CCN1CCC(C(=O)c2ccccc2)CC1)Nc1cccc(F)c1. The molecule has 3 rings (SSSR count). The number of benzene rings is 2. The zero-order chi connectivity index (χ0) is 18.4. The van der Waals surface area contributed by atoms with Gasteiger partial charge in [0.15, 0.2) is 5.78 Å². The Labute approximate surface area is 153 Å². The minimum absolute atomic E-state index is 0.0646. The Morgan fingerprint density at radius 3 is 2.46 bits per heavy atom. The van der Waals surface area contributed by atoms with Crippen LogP contribution in [0.4, 0.5) is 10.1 Å². The molecule has 1 aliphatic rings. The molecule has 0 unspecified atom stereocenters. The lowest BCUT2D eigenvalue weighted by atomic mass is 9.89. The van der Waals surface area contributed by atoms with Crippen LogP contribution in [0.5, 0.6) is 0 Å². The van der Waals surface area contributed by atoms with Crippen molar-refractivity contribution in [3.05, 3.63) is 66.0 Å². The minimum atomic E-state index is -0.368. The van der Waals surface area contributed by atoms with Gasteiger partial charge in [-0.2, -0.15) is 0 Å². The molecule has 0 aromatic heterocycles. The van der Waals surface area contributed by atoms with E-state index in [9.17, 15) is 14.0 Å². The number of likely N-dealkylation sites (tertiary alicyclic amines) is 1. The molecule has 1 saturated heterocycles. The summed E-state index contributed by atoms with van der Waals surface area (Å²) in [6, 6.07) is 15.3. The standard InChI is InChI=1S/C21H23FN2O2/c22-18-7-4-8-19(15-18)23-20(25)11-14-24-12-9-17(10-13-24)21(26)16-5-2-1-3-6-16/h1-8,15,17H,9-14H2,(H,23,25). The Morgan fingerprint density at radius 1 is 1.04 bits per heavy atom. The van der Waals surface area contributed by atoms with E-state index in [-0.39, 0.29) is 23.4 Å². The lowest BCUT2D eigenvalue weighted by Crippen LogP contribution is -2.38. The van der Waals surface area contributed by atoms with Crippen molar-refractivity contribution in [1.29, 1.82) is 0 Å². The molecule has 5 heteroatoms. The first-order chi connectivity index (χ1) is 12.6. The smallest absolute Gasteiger partial charge is 0.225 e. The summed E-state index contributed by atoms with van der Waals surface area (Å²) in [5, 5.41) is 2.71. The molecule has 0 aliphatic carbocycles. The van der Waals surface area contributed by atoms with E-state index in [0.29, 0.717) is 18.7 Å². The van der Waals surface area contributed by atoms with Gasteiger partial charge in [-0.05, 0) is 44.1 Å². The molecule has 1 N–H and O–H groups in total. The molecular formula is C21H23FN2O2. The molecular weight excluding hydrogens is 331 g/mol. The average Bonchev–Trinajstić information content (AvgIpc) is 2.67. The number of nitrogens with one attached hydrogen (secondary N) is 1. The summed E-state index contributed by atoms with van der Waals surface area (Å²) in [4.78, 5) is 26.7. The highest BCUT2D eigenvalue weighted by atomic mass is 19.1. The van der Waals surface area contributed by atoms with Crippen molar-refractivity contribution in [2.45, 2.75) is 19.3 Å². The first kappa shape index (κ1) is 18.3. The first-order valence-corrected chi connectivity index (χ1v) is 8.99. The van der Waals surface area contributed by atoms with Crippen LogP contribution < -0.4 is 5.32 Å². The number of nitrogens with zero attached hydrogens (tertiary/aromatic N) is 1. The number of anilines is 1. The van der Waals surface area contributed by atoms with Gasteiger partial charge in [-0.1, -0.05) is 36.4 Å². The van der Waals surface area contributed by atoms with Crippen molar-refractivity contribution in [3.63, 3.8) is 0 Å². The van der Waals surface area contributed by atoms with Gasteiger partial charge in [0, 0.05) is 30.1 Å². The summed E-state index contributed by atoms with van der Waals surface area (Å²) in [7, 11) is 0. The molecule has 0 radical (unpaired) electrons. The van der Waals surface area contributed by atoms with Gasteiger partial charge in [0.25, 0.3) is 0 Å². The normalized spacial score (nSPS) is 15.6. The van der Waals surface area contributed by atoms with E-state index in [2.05, 4.69) is 10.2 Å². The highest BCUT2D eigenvalue weighted by molar-refractivity contribution is 5.97. The quantitative estimate of drug-likeness (QED) is 0.804. The maximum Gasteiger partial charge on any atom is 0.225 e. The van der Waals surface area contributed by atoms with Crippen molar-refractivity contribution in [1.82, 2.24) is 4.90 Å². The number of halogens is 1. The molecule has 1 fully saturated rings. The van der Waals surface area contributed by atoms with Crippen molar-refractivity contribution >= 4 is 17.4 Å². The van der Waals surface area contributed by atoms with Crippen molar-refractivity contribution in [2.24, 2.45) is 5.92 Å². The zero-order valence-corrected chi connectivity index (χ0v) is 14.7. The maximum atomic E-state index is 13.1. The van der Waals surface area contributed by atoms with Gasteiger partial charge in [-0.15, -0.1) is 0 Å². The fourth-order valence-electron chi connectivity index (χ4n) is 3.31. The van der Waals surface area contributed by atoms with Gasteiger partial charge in [0.05, 0.1) is 0 Å². The summed E-state index contributed by atoms with van der Waals surface area (Å²) in [5.41, 5.74) is 1.25. The molecule has 0 spiro atoms. The third-order valence-corrected chi connectivity index (χ3v) is 4.78. The van der Waals surface area contributed by atoms with Crippen LogP contribution in [0.25, 0.3) is 0 Å². The molecule has 26 heavy (non-hydrogen) atoms. The molecule has 1 heterocycles. The fraction of sp³-hybridized carbons (Fsp3) is 0.333. The maximum absolute atomic E-state index is 13.1. The third-order valence-electron chi connectivity index (χ3n) is 4.78. The number of piperidine rings is 1. The first-order valence-electron chi connectivity index (χ1n) is 8.99. The monoisotopic (exact) mass is 354 g/mol. The predicted molar refractivity (Wildman–Crippen MR) is 99.6 cm³/mol. The van der Waals surface area contributed by atoms with E-state index in [1.807, 2.05) is 30.3 Å². The lowest BCUT2D eigenvalue weighted by molar-refractivity contribution is -0.116. The lowest BCUT2D eigenvalue weighted by Gasteiger charge is -2.31. The van der Waals surface area contributed by atoms with E-state index >= 15 is 0 Å². The topological polar surface area (TPSA) is 49.4 Å². The third kappa shape index (κ3) is 4.99. The molecule has 136 valence electrons. The number of ketones is 1. The second-order valence-corrected chi connectivity index (χ2v) is 6.65. The van der Waals surface area contributed by atoms with Crippen molar-refractivity contribution in [3.8, 4) is 0 Å². The molecule has 2 aromatic carbocycles. The molecule has 1 amide bonds. The summed E-state index contributed by atoms with van der Waals surface area (Å²) < 4.78 is 13.1. The average molecular weight is 354 g/mol. The predicted octanol–water partition coefficient (Wildman–Crippen LogP) is 3.75. The van der Waals surface area contributed by atoms with E-state index in [4.69, 9.17) is 0 Å². The van der Waals surface area contributed by atoms with Crippen molar-refractivity contribution < 1.29 is 14.0 Å². The van der Waals surface area contributed by atoms with E-state index in [1.165, 1.54) is 12.1 Å². The van der Waals surface area contributed by atoms with Crippen LogP contribution in [0.1, 0.15) is 29.6 Å². The summed E-state index contributed by atoms with van der Waals surface area (Å²) in [6.45, 7) is 2.28. The zero-order valence-electron chi connectivity index (χ0n) is 14.7. The van der Waals surface area contributed by atoms with Crippen LogP contribution in [0.2, 0.25) is 0 Å². The van der Waals surface area contributed by atoms with E-state index in [0.717, 1.165) is 31.5 Å². The molecule has 0 bridgehead atoms. The van der Waals surface area contributed by atoms with Crippen LogP contribution in [0.3, 0.4) is 0 Å². The molecule has 1 aliphatic heterocycles. The van der Waals surface area contributed by atoms with E-state index in [1.54, 1.807) is 12.1 Å². The highest BCUT2D eigenvalue weighted by Gasteiger charge is 2.25. The number of Topliss-reactive ketones (excluding diaryl/α,β-unsaturated/α-hetero) is 1. The van der Waals surface area contributed by atoms with Gasteiger partial charge in [-0.25, -0.2) is 4.39 Å². The molecule has 2 aromatic rings. The van der Waals surface area contributed by atoms with Gasteiger partial charge in [0.1, 0.15) is 5.82 Å². The number of rotatable bonds is 6. The van der Waals surface area contributed by atoms with Crippen LogP contribution >= 0.6 is 0 Å². The fourth-order valence-corrected chi connectivity index (χ4v) is 3.31. The number of hydrogen-bond acceptors (Lipinski definition) is 3. The molecule has 0 saturated carbocycles. The number of carbonyl (C=O) groups excluding carboxylic acids is 2. The Kier molecular flexibility index (Phi) is 6.12. The second-order valence-electron chi connectivity index (χ2n) is 6.65. The van der Waals surface area contributed by atoms with Gasteiger partial charge in [-0.3, -0.25) is 9.59 Å². The summed E-state index contributed by atoms with van der Waals surface area (Å²) in [5.74, 6) is -0.213. The van der Waals surface area contributed by atoms with Gasteiger partial charge in [0.2, 0.25) is 5.91 Å². The molecule has 4 nitrogen and oxygen atoms in total. The van der Waals surface area contributed by atoms with Crippen LogP contribution in [0.15, 0.2) is 54.6 Å².